The molecule has 0 radical (unpaired) electrons. The predicted octanol–water partition coefficient (Wildman–Crippen LogP) is -0.265. The van der Waals surface area contributed by atoms with Gasteiger partial charge in [-0.05, 0) is 13.3 Å². The van der Waals surface area contributed by atoms with Gasteiger partial charge >= 0.3 is 24.8 Å². The Morgan fingerprint density at radius 1 is 1.50 bits per heavy atom. The molecule has 0 aliphatic heterocycles. The number of rotatable bonds is 5. The molecule has 0 heterocycles. The number of allylic oxidation sites excluding steroid dienone is 1. The van der Waals surface area contributed by atoms with Crippen molar-refractivity contribution >= 4 is 34.9 Å². The Morgan fingerprint density at radius 3 is 2.50 bits per heavy atom. The molecule has 0 atom stereocenters. The Hall–Kier alpha value is -0.283. The summed E-state index contributed by atoms with van der Waals surface area (Å²) in [4.78, 5) is 10.6. The van der Waals surface area contributed by atoms with Crippen molar-refractivity contribution in [3.8, 4) is 0 Å². The van der Waals surface area contributed by atoms with Crippen molar-refractivity contribution in [2.75, 3.05) is 12.4 Å². The van der Waals surface area contributed by atoms with Crippen LogP contribution in [0, 0.1) is 0 Å². The molecule has 0 rings (SSSR count). The minimum absolute atomic E-state index is 0. The van der Waals surface area contributed by atoms with Crippen molar-refractivity contribution in [2.24, 2.45) is 0 Å². The summed E-state index contributed by atoms with van der Waals surface area (Å²) >= 11 is 0. The molecule has 0 aliphatic rings. The van der Waals surface area contributed by atoms with Crippen molar-refractivity contribution < 1.29 is 22.5 Å². The number of hydrogen-bond acceptors (Lipinski definition) is 4. The Labute approximate surface area is 95.4 Å². The van der Waals surface area contributed by atoms with Gasteiger partial charge in [-0.3, -0.25) is 4.55 Å². The van der Waals surface area contributed by atoms with Gasteiger partial charge < -0.3 is 4.74 Å². The minimum atomic E-state index is -3.94. The summed E-state index contributed by atoms with van der Waals surface area (Å²) in [6.07, 6.45) is 2.85. The van der Waals surface area contributed by atoms with E-state index in [-0.39, 0.29) is 31.9 Å². The molecule has 0 fully saturated rings. The zero-order chi connectivity index (χ0) is 10.3. The van der Waals surface area contributed by atoms with Crippen molar-refractivity contribution in [3.05, 3.63) is 12.2 Å². The zero-order valence-corrected chi connectivity index (χ0v) is 8.08. The van der Waals surface area contributed by atoms with E-state index < -0.39 is 21.8 Å². The molecule has 0 saturated carbocycles. The van der Waals surface area contributed by atoms with Gasteiger partial charge in [0, 0.05) is 6.08 Å². The normalized spacial score (nSPS) is 11.0. The van der Waals surface area contributed by atoms with Crippen LogP contribution >= 0.6 is 0 Å². The van der Waals surface area contributed by atoms with Gasteiger partial charge in [0.25, 0.3) is 10.1 Å². The van der Waals surface area contributed by atoms with Gasteiger partial charge in [0.05, 0.1) is 12.4 Å². The fraction of sp³-hybridized carbons (Fsp3) is 0.571. The topological polar surface area (TPSA) is 80.7 Å². The standard InChI is InChI=1S/C7H12O5S.Li.H/c1-2-4-7(8)12-5-3-6-13(9,10)11;;/h2,4H,3,5-6H2,1H3,(H,9,10,11);;. The van der Waals surface area contributed by atoms with Crippen LogP contribution in [0.15, 0.2) is 12.2 Å². The van der Waals surface area contributed by atoms with Gasteiger partial charge in [-0.15, -0.1) is 0 Å². The van der Waals surface area contributed by atoms with Crippen LogP contribution in [0.2, 0.25) is 0 Å². The first-order valence-corrected chi connectivity index (χ1v) is 5.31. The molecule has 14 heavy (non-hydrogen) atoms. The van der Waals surface area contributed by atoms with Crippen LogP contribution in [0.1, 0.15) is 13.3 Å². The van der Waals surface area contributed by atoms with Gasteiger partial charge in [-0.2, -0.15) is 8.42 Å². The molecule has 78 valence electrons. The van der Waals surface area contributed by atoms with E-state index in [2.05, 4.69) is 4.74 Å². The fourth-order valence-electron chi connectivity index (χ4n) is 0.598. The Bertz CT molecular complexity index is 282. The molecule has 0 bridgehead atoms. The second-order valence-electron chi connectivity index (χ2n) is 2.31. The Kier molecular flexibility index (Phi) is 9.30. The van der Waals surface area contributed by atoms with Crippen molar-refractivity contribution in [1.82, 2.24) is 0 Å². The van der Waals surface area contributed by atoms with Gasteiger partial charge in [0.1, 0.15) is 0 Å². The van der Waals surface area contributed by atoms with E-state index >= 15 is 0 Å². The van der Waals surface area contributed by atoms with E-state index in [1.807, 2.05) is 0 Å². The van der Waals surface area contributed by atoms with Gasteiger partial charge in [-0.1, -0.05) is 6.08 Å². The summed E-state index contributed by atoms with van der Waals surface area (Å²) in [7, 11) is -3.94. The SMILES string of the molecule is CC=CC(=O)OCCCS(=O)(=O)O.[LiH]. The quantitative estimate of drug-likeness (QED) is 0.225. The summed E-state index contributed by atoms with van der Waals surface area (Å²) in [6.45, 7) is 1.66. The van der Waals surface area contributed by atoms with Crippen molar-refractivity contribution in [3.63, 3.8) is 0 Å². The molecule has 5 nitrogen and oxygen atoms in total. The summed E-state index contributed by atoms with van der Waals surface area (Å²) < 4.78 is 33.3. The van der Waals surface area contributed by atoms with E-state index in [0.29, 0.717) is 0 Å². The number of carbonyl (C=O) groups excluding carboxylic acids is 1. The first-order valence-electron chi connectivity index (χ1n) is 3.70. The molecule has 0 saturated heterocycles. The zero-order valence-electron chi connectivity index (χ0n) is 7.26. The summed E-state index contributed by atoms with van der Waals surface area (Å²) in [5.74, 6) is -0.909. The molecule has 0 aliphatic carbocycles. The number of hydrogen-bond donors (Lipinski definition) is 1. The molecule has 7 heteroatoms. The molecule has 0 aromatic heterocycles. The fourth-order valence-corrected chi connectivity index (χ4v) is 1.08. The van der Waals surface area contributed by atoms with Crippen LogP contribution < -0.4 is 0 Å². The van der Waals surface area contributed by atoms with E-state index in [4.69, 9.17) is 4.55 Å². The molecule has 1 N–H and O–H groups in total. The third-order valence-electron chi connectivity index (χ3n) is 1.09. The molecule has 0 aromatic carbocycles. The second-order valence-corrected chi connectivity index (χ2v) is 3.88. The number of carbonyl (C=O) groups is 1. The average Bonchev–Trinajstić information content (AvgIpc) is 1.97. The van der Waals surface area contributed by atoms with Crippen LogP contribution in [-0.2, 0) is 19.6 Å². The molecule has 0 unspecified atom stereocenters. The van der Waals surface area contributed by atoms with Crippen LogP contribution in [0.3, 0.4) is 0 Å². The first kappa shape index (κ1) is 16.2. The summed E-state index contributed by atoms with van der Waals surface area (Å²) in [5.41, 5.74) is 0. The monoisotopic (exact) mass is 216 g/mol. The van der Waals surface area contributed by atoms with Gasteiger partial charge in [0.2, 0.25) is 0 Å². The van der Waals surface area contributed by atoms with Crippen LogP contribution in [0.5, 0.6) is 0 Å². The number of ether oxygens (including phenoxy) is 1. The third-order valence-corrected chi connectivity index (χ3v) is 1.90. The number of esters is 1. The molecular weight excluding hydrogens is 203 g/mol. The Morgan fingerprint density at radius 2 is 2.07 bits per heavy atom. The second kappa shape index (κ2) is 8.06. The molecule has 0 spiro atoms. The van der Waals surface area contributed by atoms with E-state index in [9.17, 15) is 13.2 Å². The van der Waals surface area contributed by atoms with Crippen LogP contribution in [0.4, 0.5) is 0 Å². The molecule has 0 aromatic rings. The first-order chi connectivity index (χ1) is 5.95. The van der Waals surface area contributed by atoms with Crippen LogP contribution in [-0.4, -0.2) is 50.2 Å². The molecular formula is C7H13LiO5S. The molecule has 0 amide bonds. The third kappa shape index (κ3) is 11.7. The Balaban J connectivity index is 0. The van der Waals surface area contributed by atoms with Crippen molar-refractivity contribution in [2.45, 2.75) is 13.3 Å². The maximum absolute atomic E-state index is 10.6. The van der Waals surface area contributed by atoms with Crippen molar-refractivity contribution in [1.29, 1.82) is 0 Å². The predicted molar refractivity (Wildman–Crippen MR) is 54.0 cm³/mol. The average molecular weight is 216 g/mol. The van der Waals surface area contributed by atoms with Gasteiger partial charge in [0.15, 0.2) is 0 Å². The van der Waals surface area contributed by atoms with Crippen LogP contribution in [0.25, 0.3) is 0 Å². The van der Waals surface area contributed by atoms with Gasteiger partial charge in [-0.25, -0.2) is 4.79 Å². The summed E-state index contributed by atoms with van der Waals surface area (Å²) in [6, 6.07) is 0. The van der Waals surface area contributed by atoms with E-state index in [1.165, 1.54) is 12.2 Å². The van der Waals surface area contributed by atoms with E-state index in [0.717, 1.165) is 0 Å². The summed E-state index contributed by atoms with van der Waals surface area (Å²) in [5, 5.41) is 0. The van der Waals surface area contributed by atoms with E-state index in [1.54, 1.807) is 6.92 Å². The maximum atomic E-state index is 10.6.